The van der Waals surface area contributed by atoms with E-state index in [1.807, 2.05) is 0 Å². The third-order valence-electron chi connectivity index (χ3n) is 12.4. The maximum absolute atomic E-state index is 12.5. The normalized spacial score (nSPS) is 48.9. The van der Waals surface area contributed by atoms with Crippen LogP contribution in [0.25, 0.3) is 0 Å². The van der Waals surface area contributed by atoms with Gasteiger partial charge in [0, 0.05) is 0 Å². The van der Waals surface area contributed by atoms with Crippen LogP contribution >= 0.6 is 0 Å². The summed E-state index contributed by atoms with van der Waals surface area (Å²) in [5.74, 6) is 0.873. The molecule has 0 aromatic carbocycles. The Morgan fingerprint density at radius 3 is 2.33 bits per heavy atom. The van der Waals surface area contributed by atoms with Crippen LogP contribution < -0.4 is 0 Å². The van der Waals surface area contributed by atoms with E-state index < -0.39 is 18.0 Å². The SMILES string of the molecule is CC(C)CC(O)C[C@@H](C(=O)O)[C@H]1CC[C@@]2(C)[C@@H]3CC[C@H]4C(C)(C)CCC[C@@]45C[C@@]35C=C[C@]12C. The fraction of sp³-hybridized carbons (Fsp3) is 0.900. The minimum absolute atomic E-state index is 0.0929. The molecule has 4 fully saturated rings. The number of rotatable bonds is 6. The van der Waals surface area contributed by atoms with E-state index >= 15 is 0 Å². The Labute approximate surface area is 201 Å². The topological polar surface area (TPSA) is 57.5 Å². The van der Waals surface area contributed by atoms with Gasteiger partial charge in [-0.05, 0) is 109 Å². The molecular formula is C30H48O3. The standard InChI is InChI=1S/C30H48O3/c1-19(2)16-20(31)17-21(25(32)33)22-10-13-28(6)24-9-8-23-26(3,4)11-7-12-29(23)18-30(24,29)15-14-27(22,28)5/h14-15,19-24,31H,7-13,16-18H2,1-6H3,(H,32,33)/t20?,21-,22-,23+,24+,27-,28+,29-,30+/m1/s1. The lowest BCUT2D eigenvalue weighted by Gasteiger charge is -2.60. The van der Waals surface area contributed by atoms with Gasteiger partial charge in [0.05, 0.1) is 12.0 Å². The van der Waals surface area contributed by atoms with Gasteiger partial charge in [-0.1, -0.05) is 60.1 Å². The molecule has 0 radical (unpaired) electrons. The summed E-state index contributed by atoms with van der Waals surface area (Å²) in [6, 6.07) is 0. The van der Waals surface area contributed by atoms with Crippen LogP contribution in [0.1, 0.15) is 106 Å². The molecule has 5 aliphatic carbocycles. The molecule has 4 saturated carbocycles. The summed E-state index contributed by atoms with van der Waals surface area (Å²) in [6.07, 6.45) is 16.0. The molecule has 0 saturated heterocycles. The predicted octanol–water partition coefficient (Wildman–Crippen LogP) is 7.09. The molecule has 9 atom stereocenters. The van der Waals surface area contributed by atoms with Crippen LogP contribution in [0.2, 0.25) is 0 Å². The Morgan fingerprint density at radius 2 is 1.67 bits per heavy atom. The van der Waals surface area contributed by atoms with Gasteiger partial charge in [0.2, 0.25) is 0 Å². The zero-order valence-electron chi connectivity index (χ0n) is 22.0. The Morgan fingerprint density at radius 1 is 0.970 bits per heavy atom. The number of aliphatic hydroxyl groups excluding tert-OH is 1. The largest absolute Gasteiger partial charge is 0.481 e. The minimum Gasteiger partial charge on any atom is -0.481 e. The molecule has 0 heterocycles. The third-order valence-corrected chi connectivity index (χ3v) is 12.4. The molecule has 3 nitrogen and oxygen atoms in total. The van der Waals surface area contributed by atoms with E-state index in [2.05, 4.69) is 53.7 Å². The first-order valence-electron chi connectivity index (χ1n) is 13.9. The van der Waals surface area contributed by atoms with Gasteiger partial charge in [0.25, 0.3) is 0 Å². The van der Waals surface area contributed by atoms with Crippen molar-refractivity contribution in [2.75, 3.05) is 0 Å². The quantitative estimate of drug-likeness (QED) is 0.419. The average Bonchev–Trinajstić information content (AvgIpc) is 3.28. The lowest BCUT2D eigenvalue weighted by Crippen LogP contribution is -2.54. The van der Waals surface area contributed by atoms with Crippen LogP contribution in [0.5, 0.6) is 0 Å². The molecule has 1 unspecified atom stereocenters. The van der Waals surface area contributed by atoms with Gasteiger partial charge in [-0.2, -0.15) is 0 Å². The molecule has 5 rings (SSSR count). The molecule has 5 aliphatic rings. The highest BCUT2D eigenvalue weighted by molar-refractivity contribution is 5.71. The molecule has 0 aliphatic heterocycles. The van der Waals surface area contributed by atoms with Gasteiger partial charge in [0.1, 0.15) is 0 Å². The molecule has 0 aromatic heterocycles. The second-order valence-electron chi connectivity index (χ2n) is 14.5. The van der Waals surface area contributed by atoms with Gasteiger partial charge in [-0.3, -0.25) is 4.79 Å². The van der Waals surface area contributed by atoms with Gasteiger partial charge in [-0.25, -0.2) is 0 Å². The first kappa shape index (κ1) is 23.9. The Kier molecular flexibility index (Phi) is 5.31. The molecule has 0 amide bonds. The minimum atomic E-state index is -0.706. The maximum atomic E-state index is 12.5. The highest BCUT2D eigenvalue weighted by Crippen LogP contribution is 2.87. The molecule has 2 spiro atoms. The van der Waals surface area contributed by atoms with Crippen LogP contribution in [0.15, 0.2) is 12.2 Å². The number of hydrogen-bond acceptors (Lipinski definition) is 2. The number of allylic oxidation sites excluding steroid dienone is 2. The van der Waals surface area contributed by atoms with E-state index in [1.54, 1.807) is 0 Å². The summed E-state index contributed by atoms with van der Waals surface area (Å²) in [5.41, 5.74) is 1.41. The number of carboxylic acids is 1. The third kappa shape index (κ3) is 3.06. The number of carbonyl (C=O) groups is 1. The van der Waals surface area contributed by atoms with Gasteiger partial charge in [-0.15, -0.1) is 0 Å². The maximum Gasteiger partial charge on any atom is 0.306 e. The zero-order chi connectivity index (χ0) is 24.0. The van der Waals surface area contributed by atoms with E-state index in [0.29, 0.717) is 40.9 Å². The van der Waals surface area contributed by atoms with E-state index in [1.165, 1.54) is 38.5 Å². The van der Waals surface area contributed by atoms with Crippen molar-refractivity contribution >= 4 is 5.97 Å². The highest BCUT2D eigenvalue weighted by Gasteiger charge is 2.80. The Balaban J connectivity index is 1.48. The van der Waals surface area contributed by atoms with Crippen molar-refractivity contribution in [1.82, 2.24) is 0 Å². The van der Waals surface area contributed by atoms with Crippen LogP contribution in [0.3, 0.4) is 0 Å². The van der Waals surface area contributed by atoms with Gasteiger partial charge in [0.15, 0.2) is 0 Å². The molecular weight excluding hydrogens is 408 g/mol. The average molecular weight is 457 g/mol. The summed E-state index contributed by atoms with van der Waals surface area (Å²) in [6.45, 7) is 14.1. The highest BCUT2D eigenvalue weighted by atomic mass is 16.4. The van der Waals surface area contributed by atoms with E-state index in [4.69, 9.17) is 0 Å². The second-order valence-corrected chi connectivity index (χ2v) is 14.5. The lowest BCUT2D eigenvalue weighted by atomic mass is 9.44. The second kappa shape index (κ2) is 7.34. The molecule has 2 N–H and O–H groups in total. The van der Waals surface area contributed by atoms with E-state index in [0.717, 1.165) is 18.8 Å². The van der Waals surface area contributed by atoms with Crippen LogP contribution in [-0.2, 0) is 4.79 Å². The first-order valence-corrected chi connectivity index (χ1v) is 13.9. The summed E-state index contributed by atoms with van der Waals surface area (Å²) in [5, 5.41) is 20.9. The monoisotopic (exact) mass is 456 g/mol. The molecule has 33 heavy (non-hydrogen) atoms. The fourth-order valence-electron chi connectivity index (χ4n) is 10.8. The number of carboxylic acid groups (broad SMARTS) is 1. The van der Waals surface area contributed by atoms with Crippen molar-refractivity contribution in [3.05, 3.63) is 12.2 Å². The lowest BCUT2D eigenvalue weighted by molar-refractivity contribution is -0.148. The number of fused-ring (bicyclic) bond motifs is 2. The smallest absolute Gasteiger partial charge is 0.306 e. The van der Waals surface area contributed by atoms with Gasteiger partial charge < -0.3 is 10.2 Å². The summed E-state index contributed by atoms with van der Waals surface area (Å²) >= 11 is 0. The van der Waals surface area contributed by atoms with E-state index in [-0.39, 0.29) is 16.7 Å². The van der Waals surface area contributed by atoms with Crippen molar-refractivity contribution < 1.29 is 15.0 Å². The summed E-state index contributed by atoms with van der Waals surface area (Å²) in [4.78, 5) is 12.5. The van der Waals surface area contributed by atoms with Crippen molar-refractivity contribution in [3.8, 4) is 0 Å². The van der Waals surface area contributed by atoms with Crippen molar-refractivity contribution in [2.24, 2.45) is 56.7 Å². The Bertz CT molecular complexity index is 843. The fourth-order valence-corrected chi connectivity index (χ4v) is 10.8. The number of aliphatic carboxylic acids is 1. The molecule has 186 valence electrons. The molecule has 3 heteroatoms. The van der Waals surface area contributed by atoms with Crippen LogP contribution in [-0.4, -0.2) is 22.3 Å². The predicted molar refractivity (Wildman–Crippen MR) is 133 cm³/mol. The summed E-state index contributed by atoms with van der Waals surface area (Å²) < 4.78 is 0. The Hall–Kier alpha value is -0.830. The van der Waals surface area contributed by atoms with Crippen LogP contribution in [0, 0.1) is 56.7 Å². The zero-order valence-corrected chi connectivity index (χ0v) is 22.0. The first-order chi connectivity index (χ1) is 15.3. The van der Waals surface area contributed by atoms with E-state index in [9.17, 15) is 15.0 Å². The molecule has 0 bridgehead atoms. The van der Waals surface area contributed by atoms with Crippen molar-refractivity contribution in [3.63, 3.8) is 0 Å². The van der Waals surface area contributed by atoms with Crippen molar-refractivity contribution in [1.29, 1.82) is 0 Å². The summed E-state index contributed by atoms with van der Waals surface area (Å²) in [7, 11) is 0. The van der Waals surface area contributed by atoms with Gasteiger partial charge >= 0.3 is 5.97 Å². The molecule has 0 aromatic rings. The van der Waals surface area contributed by atoms with Crippen molar-refractivity contribution in [2.45, 2.75) is 112 Å². The van der Waals surface area contributed by atoms with Crippen LogP contribution in [0.4, 0.5) is 0 Å². The number of aliphatic hydroxyl groups is 1. The number of hydrogen-bond donors (Lipinski definition) is 2.